The van der Waals surface area contributed by atoms with Gasteiger partial charge in [-0.05, 0) is 40.9 Å². The number of aryl methyl sites for hydroxylation is 1. The summed E-state index contributed by atoms with van der Waals surface area (Å²) in [6.07, 6.45) is 1.11. The minimum atomic E-state index is 0. The molecule has 0 amide bonds. The lowest BCUT2D eigenvalue weighted by Gasteiger charge is -2.10. The van der Waals surface area contributed by atoms with Gasteiger partial charge in [0.15, 0.2) is 5.96 Å². The predicted octanol–water partition coefficient (Wildman–Crippen LogP) is 3.86. The van der Waals surface area contributed by atoms with Crippen molar-refractivity contribution in [3.63, 3.8) is 0 Å². The van der Waals surface area contributed by atoms with Crippen LogP contribution in [0, 0.1) is 0 Å². The number of nitrogens with one attached hydrogen (secondary N) is 2. The molecule has 0 radical (unpaired) electrons. The van der Waals surface area contributed by atoms with E-state index in [4.69, 9.17) is 0 Å². The summed E-state index contributed by atoms with van der Waals surface area (Å²) in [6.45, 7) is 3.83. The van der Waals surface area contributed by atoms with Crippen LogP contribution in [0.25, 0.3) is 0 Å². The van der Waals surface area contributed by atoms with Crippen molar-refractivity contribution in [3.05, 3.63) is 44.3 Å². The maximum Gasteiger partial charge on any atom is 0.191 e. The Labute approximate surface area is 145 Å². The van der Waals surface area contributed by atoms with E-state index in [0.29, 0.717) is 0 Å². The van der Waals surface area contributed by atoms with E-state index in [1.54, 1.807) is 18.4 Å². The standard InChI is InChI=1S/C14H19N3S2.HI/c1-3-12-4-5-13(19-12)9-17-14(15-2)16-8-11-6-7-18-10-11;/h4-7,10H,3,8-9H2,1-2H3,(H2,15,16,17);1H. The van der Waals surface area contributed by atoms with Gasteiger partial charge in [-0.3, -0.25) is 4.99 Å². The summed E-state index contributed by atoms with van der Waals surface area (Å²) < 4.78 is 0. The van der Waals surface area contributed by atoms with Gasteiger partial charge in [-0.2, -0.15) is 11.3 Å². The zero-order chi connectivity index (χ0) is 13.5. The van der Waals surface area contributed by atoms with Crippen LogP contribution in [0.2, 0.25) is 0 Å². The molecule has 6 heteroatoms. The van der Waals surface area contributed by atoms with Crippen LogP contribution >= 0.6 is 46.7 Å². The topological polar surface area (TPSA) is 36.4 Å². The molecule has 2 heterocycles. The normalized spacial score (nSPS) is 11.0. The minimum Gasteiger partial charge on any atom is -0.352 e. The van der Waals surface area contributed by atoms with Crippen molar-refractivity contribution < 1.29 is 0 Å². The van der Waals surface area contributed by atoms with Gasteiger partial charge in [0.1, 0.15) is 0 Å². The third-order valence-corrected chi connectivity index (χ3v) is 4.72. The van der Waals surface area contributed by atoms with Gasteiger partial charge in [-0.15, -0.1) is 35.3 Å². The number of rotatable bonds is 5. The average Bonchev–Trinajstić information content (AvgIpc) is 3.10. The Bertz CT molecular complexity index is 520. The third-order valence-electron chi connectivity index (χ3n) is 2.76. The molecule has 2 aromatic rings. The number of hydrogen-bond donors (Lipinski definition) is 2. The van der Waals surface area contributed by atoms with Gasteiger partial charge >= 0.3 is 0 Å². The molecule has 0 bridgehead atoms. The average molecular weight is 421 g/mol. The number of halogens is 1. The minimum absolute atomic E-state index is 0. The molecule has 0 aliphatic heterocycles. The fourth-order valence-electron chi connectivity index (χ4n) is 1.68. The molecular formula is C14H20IN3S2. The highest BCUT2D eigenvalue weighted by atomic mass is 127. The summed E-state index contributed by atoms with van der Waals surface area (Å²) in [4.78, 5) is 7.00. The molecule has 0 atom stereocenters. The van der Waals surface area contributed by atoms with E-state index in [9.17, 15) is 0 Å². The van der Waals surface area contributed by atoms with Crippen LogP contribution in [-0.2, 0) is 19.5 Å². The lowest BCUT2D eigenvalue weighted by molar-refractivity contribution is 0.817. The van der Waals surface area contributed by atoms with Gasteiger partial charge in [0.2, 0.25) is 0 Å². The summed E-state index contributed by atoms with van der Waals surface area (Å²) >= 11 is 3.57. The second-order valence-corrected chi connectivity index (χ2v) is 6.17. The molecule has 2 N–H and O–H groups in total. The third kappa shape index (κ3) is 5.41. The summed E-state index contributed by atoms with van der Waals surface area (Å²) in [5.74, 6) is 0.845. The van der Waals surface area contributed by atoms with Crippen molar-refractivity contribution in [2.24, 2.45) is 4.99 Å². The summed E-state index contributed by atoms with van der Waals surface area (Å²) in [5, 5.41) is 10.9. The van der Waals surface area contributed by atoms with Crippen LogP contribution < -0.4 is 10.6 Å². The molecule has 0 saturated carbocycles. The van der Waals surface area contributed by atoms with Gasteiger partial charge in [0, 0.05) is 23.3 Å². The Balaban J connectivity index is 0.00000200. The molecule has 3 nitrogen and oxygen atoms in total. The molecule has 0 unspecified atom stereocenters. The number of hydrogen-bond acceptors (Lipinski definition) is 3. The first-order valence-electron chi connectivity index (χ1n) is 6.35. The Morgan fingerprint density at radius 3 is 2.50 bits per heavy atom. The van der Waals surface area contributed by atoms with Gasteiger partial charge in [-0.1, -0.05) is 6.92 Å². The highest BCUT2D eigenvalue weighted by Gasteiger charge is 2.01. The van der Waals surface area contributed by atoms with E-state index in [-0.39, 0.29) is 24.0 Å². The van der Waals surface area contributed by atoms with Crippen molar-refractivity contribution in [1.82, 2.24) is 10.6 Å². The molecule has 0 aliphatic carbocycles. The highest BCUT2D eigenvalue weighted by molar-refractivity contribution is 14.0. The Kier molecular flexibility index (Phi) is 8.16. The molecular weight excluding hydrogens is 401 g/mol. The van der Waals surface area contributed by atoms with E-state index < -0.39 is 0 Å². The van der Waals surface area contributed by atoms with Crippen molar-refractivity contribution >= 4 is 52.6 Å². The molecule has 0 fully saturated rings. The summed E-state index contributed by atoms with van der Waals surface area (Å²) in [6, 6.07) is 6.50. The first-order chi connectivity index (χ1) is 9.31. The fraction of sp³-hybridized carbons (Fsp3) is 0.357. The van der Waals surface area contributed by atoms with Gasteiger partial charge < -0.3 is 10.6 Å². The molecule has 0 aromatic carbocycles. The van der Waals surface area contributed by atoms with Crippen molar-refractivity contribution in [2.45, 2.75) is 26.4 Å². The van der Waals surface area contributed by atoms with Crippen LogP contribution in [-0.4, -0.2) is 13.0 Å². The van der Waals surface area contributed by atoms with Crippen LogP contribution in [0.4, 0.5) is 0 Å². The number of guanidine groups is 1. The maximum atomic E-state index is 4.23. The smallest absolute Gasteiger partial charge is 0.191 e. The Morgan fingerprint density at radius 2 is 1.90 bits per heavy atom. The quantitative estimate of drug-likeness (QED) is 0.437. The predicted molar refractivity (Wildman–Crippen MR) is 100 cm³/mol. The van der Waals surface area contributed by atoms with Crippen LogP contribution in [0.15, 0.2) is 34.0 Å². The van der Waals surface area contributed by atoms with Crippen molar-refractivity contribution in [2.75, 3.05) is 7.05 Å². The van der Waals surface area contributed by atoms with E-state index in [1.165, 1.54) is 15.3 Å². The fourth-order valence-corrected chi connectivity index (χ4v) is 3.24. The number of nitrogens with zero attached hydrogens (tertiary/aromatic N) is 1. The maximum absolute atomic E-state index is 4.23. The Morgan fingerprint density at radius 1 is 1.15 bits per heavy atom. The van der Waals surface area contributed by atoms with Crippen LogP contribution in [0.3, 0.4) is 0 Å². The number of aliphatic imine (C=N–C) groups is 1. The summed E-state index contributed by atoms with van der Waals surface area (Å²) in [7, 11) is 1.80. The zero-order valence-corrected chi connectivity index (χ0v) is 15.6. The molecule has 2 rings (SSSR count). The lowest BCUT2D eigenvalue weighted by atomic mass is 10.3. The zero-order valence-electron chi connectivity index (χ0n) is 11.7. The second kappa shape index (κ2) is 9.36. The first-order valence-corrected chi connectivity index (χ1v) is 8.11. The lowest BCUT2D eigenvalue weighted by Crippen LogP contribution is -2.36. The second-order valence-electron chi connectivity index (χ2n) is 4.13. The van der Waals surface area contributed by atoms with Crippen molar-refractivity contribution in [1.29, 1.82) is 0 Å². The number of thiophene rings is 2. The van der Waals surface area contributed by atoms with Crippen molar-refractivity contribution in [3.8, 4) is 0 Å². The molecule has 20 heavy (non-hydrogen) atoms. The van der Waals surface area contributed by atoms with Gasteiger partial charge in [0.05, 0.1) is 6.54 Å². The van der Waals surface area contributed by atoms with Crippen LogP contribution in [0.5, 0.6) is 0 Å². The highest BCUT2D eigenvalue weighted by Crippen LogP contribution is 2.16. The monoisotopic (exact) mass is 421 g/mol. The first kappa shape index (κ1) is 17.5. The van der Waals surface area contributed by atoms with Gasteiger partial charge in [-0.25, -0.2) is 0 Å². The van der Waals surface area contributed by atoms with Crippen LogP contribution in [0.1, 0.15) is 22.2 Å². The van der Waals surface area contributed by atoms with E-state index in [1.807, 2.05) is 11.3 Å². The van der Waals surface area contributed by atoms with E-state index >= 15 is 0 Å². The largest absolute Gasteiger partial charge is 0.352 e. The molecule has 0 aliphatic rings. The summed E-state index contributed by atoms with van der Waals surface area (Å²) in [5.41, 5.74) is 1.29. The SMILES string of the molecule is CCc1ccc(CNC(=NC)NCc2ccsc2)s1.I. The molecule has 2 aromatic heterocycles. The van der Waals surface area contributed by atoms with E-state index in [0.717, 1.165) is 25.5 Å². The Hall–Kier alpha value is -0.600. The molecule has 0 saturated heterocycles. The van der Waals surface area contributed by atoms with E-state index in [2.05, 4.69) is 51.5 Å². The van der Waals surface area contributed by atoms with Gasteiger partial charge in [0.25, 0.3) is 0 Å². The molecule has 0 spiro atoms. The molecule has 110 valence electrons.